The molecule has 0 saturated heterocycles. The minimum atomic E-state index is -0.448. The number of halogens is 1. The largest absolute Gasteiger partial charge is 0.342 e. The third-order valence-corrected chi connectivity index (χ3v) is 4.09. The van der Waals surface area contributed by atoms with Crippen LogP contribution in [-0.2, 0) is 11.3 Å². The van der Waals surface area contributed by atoms with Gasteiger partial charge >= 0.3 is 0 Å². The molecule has 8 heteroatoms. The minimum Gasteiger partial charge on any atom is -0.342 e. The van der Waals surface area contributed by atoms with Crippen LogP contribution in [-0.4, -0.2) is 45.1 Å². The average molecular weight is 384 g/mol. The number of para-hydroxylation sites is 1. The maximum atomic E-state index is 12.3. The molecule has 2 aromatic heterocycles. The van der Waals surface area contributed by atoms with Gasteiger partial charge in [-0.05, 0) is 24.3 Å². The molecular formula is C19H18ClN5O2. The van der Waals surface area contributed by atoms with Crippen molar-refractivity contribution in [1.29, 1.82) is 0 Å². The molecule has 3 rings (SSSR count). The molecule has 0 atom stereocenters. The Morgan fingerprint density at radius 2 is 2.00 bits per heavy atom. The molecule has 0 bridgehead atoms. The van der Waals surface area contributed by atoms with Gasteiger partial charge in [0.15, 0.2) is 0 Å². The number of hydrogen-bond acceptors (Lipinski definition) is 4. The number of amides is 2. The number of rotatable bonds is 6. The highest BCUT2D eigenvalue weighted by atomic mass is 35.5. The molecule has 0 aliphatic rings. The molecule has 0 unspecified atom stereocenters. The summed E-state index contributed by atoms with van der Waals surface area (Å²) in [5, 5.41) is 7.27. The molecule has 0 fully saturated rings. The molecule has 138 valence electrons. The monoisotopic (exact) mass is 383 g/mol. The first kappa shape index (κ1) is 18.6. The number of pyridine rings is 1. The van der Waals surface area contributed by atoms with Gasteiger partial charge in [0.2, 0.25) is 5.91 Å². The second-order valence-electron chi connectivity index (χ2n) is 5.92. The summed E-state index contributed by atoms with van der Waals surface area (Å²) in [7, 11) is 1.67. The Morgan fingerprint density at radius 3 is 2.74 bits per heavy atom. The quantitative estimate of drug-likeness (QED) is 0.708. The lowest BCUT2D eigenvalue weighted by molar-refractivity contribution is -0.129. The van der Waals surface area contributed by atoms with Gasteiger partial charge in [0, 0.05) is 36.6 Å². The second-order valence-corrected chi connectivity index (χ2v) is 6.36. The summed E-state index contributed by atoms with van der Waals surface area (Å²) in [6.45, 7) is 0.257. The summed E-state index contributed by atoms with van der Waals surface area (Å²) in [5.41, 5.74) is 2.00. The third kappa shape index (κ3) is 4.92. The van der Waals surface area contributed by atoms with E-state index in [0.717, 1.165) is 11.3 Å². The third-order valence-electron chi connectivity index (χ3n) is 3.86. The zero-order valence-electron chi connectivity index (χ0n) is 14.7. The van der Waals surface area contributed by atoms with E-state index >= 15 is 0 Å². The summed E-state index contributed by atoms with van der Waals surface area (Å²) >= 11 is 5.84. The number of hydrogen-bond donors (Lipinski definition) is 1. The molecule has 2 heterocycles. The Kier molecular flexibility index (Phi) is 5.83. The first-order chi connectivity index (χ1) is 13.0. The van der Waals surface area contributed by atoms with Crippen LogP contribution >= 0.6 is 11.6 Å². The van der Waals surface area contributed by atoms with Crippen molar-refractivity contribution in [2.75, 3.05) is 13.6 Å². The van der Waals surface area contributed by atoms with Crippen LogP contribution in [0.25, 0.3) is 5.69 Å². The molecule has 2 amide bonds. The number of likely N-dealkylation sites (N-methyl/N-ethyl adjacent to an activating group) is 1. The number of benzene rings is 1. The normalized spacial score (nSPS) is 10.4. The highest BCUT2D eigenvalue weighted by Gasteiger charge is 2.14. The second kappa shape index (κ2) is 8.46. The van der Waals surface area contributed by atoms with E-state index in [1.807, 2.05) is 36.5 Å². The van der Waals surface area contributed by atoms with Gasteiger partial charge in [0.25, 0.3) is 5.91 Å². The first-order valence-corrected chi connectivity index (χ1v) is 8.63. The van der Waals surface area contributed by atoms with Crippen LogP contribution in [0.3, 0.4) is 0 Å². The van der Waals surface area contributed by atoms with Gasteiger partial charge in [-0.15, -0.1) is 0 Å². The lowest BCUT2D eigenvalue weighted by atomic mass is 10.3. The number of carbonyl (C=O) groups is 2. The van der Waals surface area contributed by atoms with Gasteiger partial charge < -0.3 is 10.2 Å². The Hall–Kier alpha value is -3.19. The zero-order chi connectivity index (χ0) is 19.2. The van der Waals surface area contributed by atoms with Crippen LogP contribution in [0.1, 0.15) is 16.1 Å². The lowest BCUT2D eigenvalue weighted by Crippen LogP contribution is -2.38. The highest BCUT2D eigenvalue weighted by Crippen LogP contribution is 2.10. The van der Waals surface area contributed by atoms with Crippen molar-refractivity contribution in [1.82, 2.24) is 25.0 Å². The van der Waals surface area contributed by atoms with E-state index in [1.165, 1.54) is 17.2 Å². The van der Waals surface area contributed by atoms with Crippen molar-refractivity contribution in [2.24, 2.45) is 0 Å². The summed E-state index contributed by atoms with van der Waals surface area (Å²) in [6.07, 6.45) is 5.02. The molecule has 0 saturated carbocycles. The van der Waals surface area contributed by atoms with Crippen molar-refractivity contribution < 1.29 is 9.59 Å². The van der Waals surface area contributed by atoms with Gasteiger partial charge in [0.1, 0.15) is 5.69 Å². The van der Waals surface area contributed by atoms with E-state index in [1.54, 1.807) is 24.0 Å². The molecule has 1 N–H and O–H groups in total. The van der Waals surface area contributed by atoms with Crippen molar-refractivity contribution >= 4 is 23.4 Å². The van der Waals surface area contributed by atoms with Crippen LogP contribution in [0.15, 0.2) is 61.1 Å². The number of nitrogens with one attached hydrogen (secondary N) is 1. The van der Waals surface area contributed by atoms with Gasteiger partial charge in [-0.1, -0.05) is 29.8 Å². The molecule has 0 spiro atoms. The van der Waals surface area contributed by atoms with Crippen LogP contribution in [0.5, 0.6) is 0 Å². The summed E-state index contributed by atoms with van der Waals surface area (Å²) in [4.78, 5) is 29.7. The first-order valence-electron chi connectivity index (χ1n) is 8.25. The van der Waals surface area contributed by atoms with Crippen LogP contribution in [0.2, 0.25) is 5.02 Å². The van der Waals surface area contributed by atoms with Crippen molar-refractivity contribution in [3.05, 3.63) is 77.3 Å². The van der Waals surface area contributed by atoms with E-state index in [4.69, 9.17) is 11.6 Å². The topological polar surface area (TPSA) is 80.1 Å². The summed E-state index contributed by atoms with van der Waals surface area (Å²) in [6, 6.07) is 12.7. The molecule has 3 aromatic rings. The van der Waals surface area contributed by atoms with Crippen LogP contribution < -0.4 is 5.32 Å². The number of carbonyl (C=O) groups excluding carboxylic acids is 2. The van der Waals surface area contributed by atoms with E-state index in [-0.39, 0.29) is 18.1 Å². The SMILES string of the molecule is CN(Cc1cnn(-c2ccccc2)c1)C(=O)CNC(=O)c1cc(Cl)ccn1. The van der Waals surface area contributed by atoms with Crippen molar-refractivity contribution in [3.63, 3.8) is 0 Å². The summed E-state index contributed by atoms with van der Waals surface area (Å²) in [5.74, 6) is -0.672. The zero-order valence-corrected chi connectivity index (χ0v) is 15.4. The van der Waals surface area contributed by atoms with Crippen molar-refractivity contribution in [3.8, 4) is 5.69 Å². The molecule has 7 nitrogen and oxygen atoms in total. The maximum absolute atomic E-state index is 12.3. The average Bonchev–Trinajstić information content (AvgIpc) is 3.15. The number of nitrogens with zero attached hydrogens (tertiary/aromatic N) is 4. The molecule has 27 heavy (non-hydrogen) atoms. The Labute approximate surface area is 161 Å². The predicted molar refractivity (Wildman–Crippen MR) is 102 cm³/mol. The van der Waals surface area contributed by atoms with Gasteiger partial charge in [-0.3, -0.25) is 14.6 Å². The maximum Gasteiger partial charge on any atom is 0.270 e. The minimum absolute atomic E-state index is 0.129. The molecular weight excluding hydrogens is 366 g/mol. The molecule has 0 aliphatic heterocycles. The Morgan fingerprint density at radius 1 is 1.22 bits per heavy atom. The van der Waals surface area contributed by atoms with E-state index in [2.05, 4.69) is 15.4 Å². The van der Waals surface area contributed by atoms with Crippen LogP contribution in [0, 0.1) is 0 Å². The number of aromatic nitrogens is 3. The molecule has 0 radical (unpaired) electrons. The van der Waals surface area contributed by atoms with Gasteiger partial charge in [-0.25, -0.2) is 4.68 Å². The van der Waals surface area contributed by atoms with Crippen molar-refractivity contribution in [2.45, 2.75) is 6.54 Å². The highest BCUT2D eigenvalue weighted by molar-refractivity contribution is 6.30. The van der Waals surface area contributed by atoms with E-state index in [9.17, 15) is 9.59 Å². The lowest BCUT2D eigenvalue weighted by Gasteiger charge is -2.16. The fourth-order valence-electron chi connectivity index (χ4n) is 2.44. The van der Waals surface area contributed by atoms with E-state index in [0.29, 0.717) is 11.6 Å². The van der Waals surface area contributed by atoms with Crippen LogP contribution in [0.4, 0.5) is 0 Å². The predicted octanol–water partition coefficient (Wildman–Crippen LogP) is 2.31. The fourth-order valence-corrected chi connectivity index (χ4v) is 2.60. The smallest absolute Gasteiger partial charge is 0.270 e. The van der Waals surface area contributed by atoms with Gasteiger partial charge in [-0.2, -0.15) is 5.10 Å². The Balaban J connectivity index is 1.53. The van der Waals surface area contributed by atoms with E-state index < -0.39 is 5.91 Å². The molecule has 0 aliphatic carbocycles. The standard InChI is InChI=1S/C19H18ClN5O2/c1-24(12-14-10-23-25(13-14)16-5-3-2-4-6-16)18(26)11-22-19(27)17-9-15(20)7-8-21-17/h2-10,13H,11-12H2,1H3,(H,22,27). The Bertz CT molecular complexity index is 942. The van der Waals surface area contributed by atoms with Gasteiger partial charge in [0.05, 0.1) is 18.4 Å². The fraction of sp³-hybridized carbons (Fsp3) is 0.158. The molecule has 1 aromatic carbocycles. The summed E-state index contributed by atoms with van der Waals surface area (Å²) < 4.78 is 1.75.